The first-order valence-corrected chi connectivity index (χ1v) is 8.82. The van der Waals surface area contributed by atoms with Crippen LogP contribution in [-0.4, -0.2) is 56.2 Å². The lowest BCUT2D eigenvalue weighted by atomic mass is 10.1. The molecule has 1 aromatic carbocycles. The summed E-state index contributed by atoms with van der Waals surface area (Å²) in [5.41, 5.74) is -1.21. The number of carbonyl (C=O) groups is 1. The number of benzene rings is 1. The normalized spacial score (nSPS) is 11.4. The Morgan fingerprint density at radius 1 is 1.17 bits per heavy atom. The van der Waals surface area contributed by atoms with Gasteiger partial charge < -0.3 is 14.7 Å². The van der Waals surface area contributed by atoms with Gasteiger partial charge in [0.25, 0.3) is 5.91 Å². The second-order valence-corrected chi connectivity index (χ2v) is 6.19. The summed E-state index contributed by atoms with van der Waals surface area (Å²) in [6.45, 7) is -0.512. The quantitative estimate of drug-likeness (QED) is 0.630. The monoisotopic (exact) mass is 421 g/mol. The molecule has 3 rings (SSSR count). The van der Waals surface area contributed by atoms with Crippen molar-refractivity contribution in [1.29, 1.82) is 0 Å². The fourth-order valence-corrected chi connectivity index (χ4v) is 2.83. The number of nitrogens with zero attached hydrogens (tertiary/aromatic N) is 5. The van der Waals surface area contributed by atoms with Crippen molar-refractivity contribution in [2.75, 3.05) is 20.3 Å². The first-order chi connectivity index (χ1) is 14.3. The summed E-state index contributed by atoms with van der Waals surface area (Å²) in [4.78, 5) is 14.1. The van der Waals surface area contributed by atoms with Gasteiger partial charge >= 0.3 is 6.18 Å². The molecule has 8 nitrogen and oxygen atoms in total. The maximum atomic E-state index is 13.9. The fourth-order valence-electron chi connectivity index (χ4n) is 2.83. The van der Waals surface area contributed by atoms with E-state index in [4.69, 9.17) is 4.74 Å². The number of methoxy groups -OCH3 is 1. The summed E-state index contributed by atoms with van der Waals surface area (Å²) >= 11 is 0. The van der Waals surface area contributed by atoms with Gasteiger partial charge in [-0.2, -0.15) is 18.3 Å². The molecule has 0 atom stereocenters. The molecule has 0 aliphatic carbocycles. The number of rotatable bonds is 7. The average molecular weight is 421 g/mol. The first-order valence-electron chi connectivity index (χ1n) is 8.82. The molecule has 0 radical (unpaired) electrons. The number of halogens is 3. The molecule has 0 saturated carbocycles. The third kappa shape index (κ3) is 4.57. The summed E-state index contributed by atoms with van der Waals surface area (Å²) in [5, 5.41) is 20.3. The van der Waals surface area contributed by atoms with Crippen molar-refractivity contribution in [3.05, 3.63) is 65.5 Å². The Hall–Kier alpha value is -3.47. The van der Waals surface area contributed by atoms with Crippen LogP contribution in [0.3, 0.4) is 0 Å². The van der Waals surface area contributed by atoms with Crippen molar-refractivity contribution in [2.45, 2.75) is 12.7 Å². The van der Waals surface area contributed by atoms with E-state index in [0.717, 1.165) is 11.1 Å². The molecule has 30 heavy (non-hydrogen) atoms. The zero-order valence-electron chi connectivity index (χ0n) is 15.9. The summed E-state index contributed by atoms with van der Waals surface area (Å²) < 4.78 is 46.9. The van der Waals surface area contributed by atoms with Crippen LogP contribution in [0.2, 0.25) is 0 Å². The Balaban J connectivity index is 2.00. The minimum absolute atomic E-state index is 0.0328. The Kier molecular flexibility index (Phi) is 6.31. The van der Waals surface area contributed by atoms with Gasteiger partial charge in [-0.1, -0.05) is 30.3 Å². The molecule has 0 bridgehead atoms. The number of carbonyl (C=O) groups excluding carboxylic acids is 1. The van der Waals surface area contributed by atoms with Crippen LogP contribution in [0.1, 0.15) is 21.6 Å². The highest BCUT2D eigenvalue weighted by Gasteiger charge is 2.41. The lowest BCUT2D eigenvalue weighted by molar-refractivity contribution is -0.143. The molecule has 0 unspecified atom stereocenters. The number of hydrogen-bond acceptors (Lipinski definition) is 6. The maximum Gasteiger partial charge on any atom is 0.434 e. The lowest BCUT2D eigenvalue weighted by Crippen LogP contribution is -2.34. The molecule has 0 fully saturated rings. The molecule has 1 amide bonds. The van der Waals surface area contributed by atoms with Gasteiger partial charge in [0.2, 0.25) is 5.88 Å². The number of amides is 1. The molecule has 2 aromatic heterocycles. The third-order valence-electron chi connectivity index (χ3n) is 4.19. The van der Waals surface area contributed by atoms with E-state index in [1.807, 2.05) is 0 Å². The topological polar surface area (TPSA) is 93.4 Å². The zero-order chi connectivity index (χ0) is 21.7. The van der Waals surface area contributed by atoms with Gasteiger partial charge in [0, 0.05) is 19.2 Å². The Labute approximate surface area is 169 Å². The number of alkyl halides is 3. The minimum Gasteiger partial charge on any atom is -0.480 e. The molecule has 11 heteroatoms. The van der Waals surface area contributed by atoms with Gasteiger partial charge in [0.05, 0.1) is 25.5 Å². The van der Waals surface area contributed by atoms with Crippen LogP contribution in [0.4, 0.5) is 13.2 Å². The number of ether oxygens (including phenoxy) is 1. The molecule has 0 aliphatic rings. The van der Waals surface area contributed by atoms with Gasteiger partial charge in [0.15, 0.2) is 11.5 Å². The summed E-state index contributed by atoms with van der Waals surface area (Å²) in [6.07, 6.45) is -4.05. The van der Waals surface area contributed by atoms with E-state index in [2.05, 4.69) is 15.3 Å². The highest BCUT2D eigenvalue weighted by atomic mass is 19.4. The maximum absolute atomic E-state index is 13.9. The van der Waals surface area contributed by atoms with Crippen molar-refractivity contribution in [3.63, 3.8) is 0 Å². The highest BCUT2D eigenvalue weighted by Crippen LogP contribution is 2.34. The van der Waals surface area contributed by atoms with E-state index >= 15 is 0 Å². The van der Waals surface area contributed by atoms with Gasteiger partial charge in [-0.3, -0.25) is 4.79 Å². The van der Waals surface area contributed by atoms with Crippen molar-refractivity contribution in [1.82, 2.24) is 24.9 Å². The van der Waals surface area contributed by atoms with Gasteiger partial charge in [-0.25, -0.2) is 4.68 Å². The number of hydrogen-bond donors (Lipinski definition) is 1. The fraction of sp³-hybridized carbons (Fsp3) is 0.263. The molecule has 0 spiro atoms. The third-order valence-corrected chi connectivity index (χ3v) is 4.19. The summed E-state index contributed by atoms with van der Waals surface area (Å²) in [6, 6.07) is 11.3. The predicted octanol–water partition coefficient (Wildman–Crippen LogP) is 2.32. The molecular weight excluding hydrogens is 403 g/mol. The summed E-state index contributed by atoms with van der Waals surface area (Å²) in [5.74, 6) is -1.01. The SMILES string of the molecule is COc1ccc(-n2ncc(C(=O)N(CCO)Cc3ccccc3)c2C(F)(F)F)nn1. The molecule has 158 valence electrons. The van der Waals surface area contributed by atoms with Gasteiger partial charge in [-0.15, -0.1) is 10.2 Å². The van der Waals surface area contributed by atoms with Crippen LogP contribution in [0, 0.1) is 0 Å². The van der Waals surface area contributed by atoms with E-state index in [9.17, 15) is 23.1 Å². The van der Waals surface area contributed by atoms with Gasteiger partial charge in [0.1, 0.15) is 0 Å². The summed E-state index contributed by atoms with van der Waals surface area (Å²) in [7, 11) is 1.35. The van der Waals surface area contributed by atoms with Crippen LogP contribution in [0.5, 0.6) is 5.88 Å². The molecule has 0 aliphatic heterocycles. The van der Waals surface area contributed by atoms with E-state index in [1.165, 1.54) is 19.2 Å². The molecular formula is C19H18F3N5O3. The minimum atomic E-state index is -4.89. The van der Waals surface area contributed by atoms with Crippen molar-refractivity contribution < 1.29 is 27.8 Å². The Bertz CT molecular complexity index is 991. The van der Waals surface area contributed by atoms with Crippen LogP contribution in [0.15, 0.2) is 48.7 Å². The number of aliphatic hydroxyl groups excluding tert-OH is 1. The standard InChI is InChI=1S/C19H18F3N5O3/c1-30-16-8-7-15(24-25-16)27-17(19(20,21)22)14(11-23-27)18(29)26(9-10-28)12-13-5-3-2-4-6-13/h2-8,11,28H,9-10,12H2,1H3. The lowest BCUT2D eigenvalue weighted by Gasteiger charge is -2.22. The van der Waals surface area contributed by atoms with Crippen molar-refractivity contribution in [3.8, 4) is 11.7 Å². The van der Waals surface area contributed by atoms with E-state index in [0.29, 0.717) is 10.2 Å². The molecule has 2 heterocycles. The van der Waals surface area contributed by atoms with Gasteiger partial charge in [-0.05, 0) is 11.6 Å². The smallest absolute Gasteiger partial charge is 0.434 e. The largest absolute Gasteiger partial charge is 0.480 e. The van der Waals surface area contributed by atoms with Crippen molar-refractivity contribution in [2.24, 2.45) is 0 Å². The Morgan fingerprint density at radius 3 is 2.47 bits per heavy atom. The zero-order valence-corrected chi connectivity index (χ0v) is 15.9. The van der Waals surface area contributed by atoms with Crippen LogP contribution < -0.4 is 4.74 Å². The number of aliphatic hydroxyl groups is 1. The van der Waals surface area contributed by atoms with E-state index in [-0.39, 0.29) is 24.8 Å². The molecule has 1 N–H and O–H groups in total. The highest BCUT2D eigenvalue weighted by molar-refractivity contribution is 5.95. The Morgan fingerprint density at radius 2 is 1.90 bits per heavy atom. The number of aromatic nitrogens is 4. The van der Waals surface area contributed by atoms with Crippen LogP contribution >= 0.6 is 0 Å². The van der Waals surface area contributed by atoms with Crippen LogP contribution in [0.25, 0.3) is 5.82 Å². The van der Waals surface area contributed by atoms with E-state index < -0.39 is 29.9 Å². The average Bonchev–Trinajstić information content (AvgIpc) is 3.19. The molecule has 3 aromatic rings. The van der Waals surface area contributed by atoms with Crippen LogP contribution in [-0.2, 0) is 12.7 Å². The first kappa shape index (κ1) is 21.2. The van der Waals surface area contributed by atoms with Crippen molar-refractivity contribution >= 4 is 5.91 Å². The predicted molar refractivity (Wildman–Crippen MR) is 99.0 cm³/mol. The van der Waals surface area contributed by atoms with E-state index in [1.54, 1.807) is 30.3 Å². The second-order valence-electron chi connectivity index (χ2n) is 6.19. The molecule has 0 saturated heterocycles. The second kappa shape index (κ2) is 8.91.